The molecule has 1 atom stereocenters. The smallest absolute Gasteiger partial charge is 0.253 e. The Morgan fingerprint density at radius 2 is 1.94 bits per heavy atom. The average molecular weight is 529 g/mol. The summed E-state index contributed by atoms with van der Waals surface area (Å²) in [6.07, 6.45) is 4.38. The molecule has 34 heavy (non-hydrogen) atoms. The lowest BCUT2D eigenvalue weighted by Gasteiger charge is -2.36. The molecule has 1 amide bonds. The molecule has 7 nitrogen and oxygen atoms in total. The van der Waals surface area contributed by atoms with Crippen LogP contribution in [0, 0.1) is 20.8 Å². The van der Waals surface area contributed by atoms with Crippen LogP contribution in [0.2, 0.25) is 0 Å². The topological polar surface area (TPSA) is 78.8 Å². The number of aromatic amines is 1. The van der Waals surface area contributed by atoms with E-state index in [4.69, 9.17) is 4.74 Å². The number of carbonyl (C=O) groups excluding carboxylic acids is 1. The van der Waals surface area contributed by atoms with Gasteiger partial charge in [0.25, 0.3) is 11.5 Å². The van der Waals surface area contributed by atoms with Crippen LogP contribution >= 0.6 is 15.9 Å². The standard InChI is InChI=1S/C26H33BrN4O3/c1-15-10-16(2)29-26(33)23(15)13-28-25(32)22-12-20-11-19(27)14-31(20)24(17(22)3)18(4)30-8-6-21(34-5)7-9-30/h10-12,14,18,21H,6-9,13H2,1-5H3,(H,28,32)(H,29,33). The van der Waals surface area contributed by atoms with E-state index in [1.165, 1.54) is 0 Å². The first-order valence-corrected chi connectivity index (χ1v) is 12.5. The lowest BCUT2D eigenvalue weighted by molar-refractivity contribution is 0.0286. The monoisotopic (exact) mass is 528 g/mol. The summed E-state index contributed by atoms with van der Waals surface area (Å²) in [6, 6.07) is 6.01. The van der Waals surface area contributed by atoms with E-state index in [1.807, 2.05) is 39.0 Å². The lowest BCUT2D eigenvalue weighted by atomic mass is 9.98. The normalized spacial score (nSPS) is 16.2. The Morgan fingerprint density at radius 1 is 1.24 bits per heavy atom. The number of pyridine rings is 2. The van der Waals surface area contributed by atoms with E-state index >= 15 is 0 Å². The third kappa shape index (κ3) is 4.85. The van der Waals surface area contributed by atoms with Crippen LogP contribution in [0.3, 0.4) is 0 Å². The van der Waals surface area contributed by atoms with Gasteiger partial charge in [0.1, 0.15) is 0 Å². The Labute approximate surface area is 208 Å². The van der Waals surface area contributed by atoms with Gasteiger partial charge in [0.2, 0.25) is 0 Å². The number of ether oxygens (including phenoxy) is 1. The molecule has 8 heteroatoms. The lowest BCUT2D eigenvalue weighted by Crippen LogP contribution is -2.39. The van der Waals surface area contributed by atoms with Crippen molar-refractivity contribution in [3.8, 4) is 0 Å². The first kappa shape index (κ1) is 24.7. The van der Waals surface area contributed by atoms with E-state index in [9.17, 15) is 9.59 Å². The summed E-state index contributed by atoms with van der Waals surface area (Å²) in [5, 5.41) is 2.98. The molecule has 0 bridgehead atoms. The van der Waals surface area contributed by atoms with Crippen molar-refractivity contribution < 1.29 is 9.53 Å². The van der Waals surface area contributed by atoms with Gasteiger partial charge >= 0.3 is 0 Å². The van der Waals surface area contributed by atoms with Crippen LogP contribution in [-0.4, -0.2) is 46.5 Å². The molecule has 0 saturated carbocycles. The predicted octanol–water partition coefficient (Wildman–Crippen LogP) is 4.42. The van der Waals surface area contributed by atoms with E-state index in [0.717, 1.165) is 58.4 Å². The fourth-order valence-corrected chi connectivity index (χ4v) is 5.57. The Hall–Kier alpha value is -2.42. The number of rotatable bonds is 6. The van der Waals surface area contributed by atoms with Crippen molar-refractivity contribution in [2.24, 2.45) is 0 Å². The van der Waals surface area contributed by atoms with E-state index in [-0.39, 0.29) is 24.1 Å². The zero-order chi connectivity index (χ0) is 24.6. The number of nitrogens with one attached hydrogen (secondary N) is 2. The molecule has 1 saturated heterocycles. The highest BCUT2D eigenvalue weighted by molar-refractivity contribution is 9.10. The number of aromatic nitrogens is 2. The van der Waals surface area contributed by atoms with Gasteiger partial charge in [0.05, 0.1) is 6.10 Å². The van der Waals surface area contributed by atoms with E-state index in [2.05, 4.69) is 48.7 Å². The quantitative estimate of drug-likeness (QED) is 0.496. The zero-order valence-corrected chi connectivity index (χ0v) is 22.1. The molecule has 0 spiro atoms. The van der Waals surface area contributed by atoms with E-state index < -0.39 is 0 Å². The second-order valence-corrected chi connectivity index (χ2v) is 10.2. The summed E-state index contributed by atoms with van der Waals surface area (Å²) in [6.45, 7) is 10.1. The van der Waals surface area contributed by atoms with Gasteiger partial charge in [-0.1, -0.05) is 0 Å². The molecule has 4 rings (SSSR count). The highest BCUT2D eigenvalue weighted by Crippen LogP contribution is 2.32. The molecule has 1 aliphatic heterocycles. The van der Waals surface area contributed by atoms with Crippen molar-refractivity contribution in [1.29, 1.82) is 0 Å². The number of hydrogen-bond acceptors (Lipinski definition) is 4. The molecule has 1 unspecified atom stereocenters. The molecule has 1 fully saturated rings. The molecule has 2 N–H and O–H groups in total. The van der Waals surface area contributed by atoms with Crippen LogP contribution in [0.15, 0.2) is 33.7 Å². The summed E-state index contributed by atoms with van der Waals surface area (Å²) >= 11 is 3.60. The molecule has 3 aromatic rings. The summed E-state index contributed by atoms with van der Waals surface area (Å²) in [4.78, 5) is 31.0. The molecule has 182 valence electrons. The first-order valence-electron chi connectivity index (χ1n) is 11.7. The SMILES string of the molecule is COC1CCN(C(C)c2c(C)c(C(=O)NCc3c(C)cc(C)[nH]c3=O)cc3cc(Br)cn23)CC1. The van der Waals surface area contributed by atoms with Crippen LogP contribution in [0.25, 0.3) is 5.52 Å². The van der Waals surface area contributed by atoms with Gasteiger partial charge in [-0.05, 0) is 85.8 Å². The van der Waals surface area contributed by atoms with Crippen molar-refractivity contribution in [3.63, 3.8) is 0 Å². The number of fused-ring (bicyclic) bond motifs is 1. The number of piperidine rings is 1. The first-order chi connectivity index (χ1) is 16.2. The third-order valence-corrected chi connectivity index (χ3v) is 7.51. The van der Waals surface area contributed by atoms with Gasteiger partial charge in [-0.2, -0.15) is 0 Å². The summed E-state index contributed by atoms with van der Waals surface area (Å²) in [7, 11) is 1.78. The average Bonchev–Trinajstić information content (AvgIpc) is 3.17. The van der Waals surface area contributed by atoms with Gasteiger partial charge in [0, 0.05) is 71.5 Å². The Balaban J connectivity index is 1.65. The van der Waals surface area contributed by atoms with Gasteiger partial charge in [-0.25, -0.2) is 0 Å². The Morgan fingerprint density at radius 3 is 2.59 bits per heavy atom. The highest BCUT2D eigenvalue weighted by Gasteiger charge is 2.27. The van der Waals surface area contributed by atoms with Gasteiger partial charge in [-0.3, -0.25) is 14.5 Å². The number of likely N-dealkylation sites (tertiary alicyclic amines) is 1. The maximum atomic E-state index is 13.3. The van der Waals surface area contributed by atoms with Crippen LogP contribution < -0.4 is 10.9 Å². The maximum absolute atomic E-state index is 13.3. The molecule has 0 aliphatic carbocycles. The second kappa shape index (κ2) is 10.1. The fourth-order valence-electron chi connectivity index (χ4n) is 5.13. The van der Waals surface area contributed by atoms with Crippen molar-refractivity contribution in [2.45, 2.75) is 59.2 Å². The van der Waals surface area contributed by atoms with Gasteiger partial charge in [0.15, 0.2) is 0 Å². The minimum atomic E-state index is -0.178. The number of carbonyl (C=O) groups is 1. The van der Waals surface area contributed by atoms with Crippen LogP contribution in [0.4, 0.5) is 0 Å². The van der Waals surface area contributed by atoms with Crippen molar-refractivity contribution in [2.75, 3.05) is 20.2 Å². The minimum Gasteiger partial charge on any atom is -0.381 e. The summed E-state index contributed by atoms with van der Waals surface area (Å²) in [5.74, 6) is -0.178. The second-order valence-electron chi connectivity index (χ2n) is 9.29. The zero-order valence-electron chi connectivity index (χ0n) is 20.5. The van der Waals surface area contributed by atoms with E-state index in [0.29, 0.717) is 17.2 Å². The van der Waals surface area contributed by atoms with Gasteiger partial charge < -0.3 is 19.4 Å². The van der Waals surface area contributed by atoms with Crippen LogP contribution in [0.5, 0.6) is 0 Å². The van der Waals surface area contributed by atoms with Crippen LogP contribution in [-0.2, 0) is 11.3 Å². The number of methoxy groups -OCH3 is 1. The van der Waals surface area contributed by atoms with Gasteiger partial charge in [-0.15, -0.1) is 0 Å². The number of hydrogen-bond donors (Lipinski definition) is 2. The summed E-state index contributed by atoms with van der Waals surface area (Å²) in [5.41, 5.74) is 5.75. The van der Waals surface area contributed by atoms with Crippen molar-refractivity contribution in [1.82, 2.24) is 19.6 Å². The largest absolute Gasteiger partial charge is 0.381 e. The summed E-state index contributed by atoms with van der Waals surface area (Å²) < 4.78 is 8.69. The molecule has 1 aliphatic rings. The van der Waals surface area contributed by atoms with E-state index in [1.54, 1.807) is 7.11 Å². The Bertz CT molecular complexity index is 1270. The van der Waals surface area contributed by atoms with Crippen molar-refractivity contribution in [3.05, 3.63) is 72.9 Å². The molecule has 0 aromatic carbocycles. The molecule has 0 radical (unpaired) electrons. The molecule has 4 heterocycles. The number of aryl methyl sites for hydroxylation is 2. The maximum Gasteiger partial charge on any atom is 0.253 e. The Kier molecular flexibility index (Phi) is 7.31. The van der Waals surface area contributed by atoms with Crippen LogP contribution in [0.1, 0.15) is 64.2 Å². The number of H-pyrrole nitrogens is 1. The number of amides is 1. The number of halogens is 1. The predicted molar refractivity (Wildman–Crippen MR) is 138 cm³/mol. The fraction of sp³-hybridized carbons (Fsp3) is 0.462. The third-order valence-electron chi connectivity index (χ3n) is 7.07. The number of nitrogens with zero attached hydrogens (tertiary/aromatic N) is 2. The molecular weight excluding hydrogens is 496 g/mol. The minimum absolute atomic E-state index is 0.134. The highest BCUT2D eigenvalue weighted by atomic mass is 79.9. The molecule has 3 aromatic heterocycles. The molecular formula is C26H33BrN4O3. The van der Waals surface area contributed by atoms with Crippen molar-refractivity contribution >= 4 is 27.4 Å².